The first kappa shape index (κ1) is 17.0. The Kier molecular flexibility index (Phi) is 6.17. The molecular formula is C17H23N3O3. The van der Waals surface area contributed by atoms with Crippen molar-refractivity contribution in [3.8, 4) is 0 Å². The smallest absolute Gasteiger partial charge is 0.315 e. The van der Waals surface area contributed by atoms with Crippen molar-refractivity contribution in [2.45, 2.75) is 26.8 Å². The van der Waals surface area contributed by atoms with Crippen molar-refractivity contribution in [1.29, 1.82) is 0 Å². The number of rotatable bonds is 7. The fourth-order valence-electron chi connectivity index (χ4n) is 2.35. The number of aliphatic hydroxyl groups is 1. The van der Waals surface area contributed by atoms with Crippen molar-refractivity contribution in [2.24, 2.45) is 5.92 Å². The highest BCUT2D eigenvalue weighted by Crippen LogP contribution is 2.13. The number of carbonyl (C=O) groups is 1. The van der Waals surface area contributed by atoms with Crippen molar-refractivity contribution >= 4 is 6.03 Å². The summed E-state index contributed by atoms with van der Waals surface area (Å²) in [5.41, 5.74) is 1.86. The summed E-state index contributed by atoms with van der Waals surface area (Å²) >= 11 is 0. The third kappa shape index (κ3) is 5.41. The molecule has 1 unspecified atom stereocenters. The molecule has 6 heteroatoms. The summed E-state index contributed by atoms with van der Waals surface area (Å²) in [5.74, 6) is 1.58. The number of hydrogen-bond donors (Lipinski definition) is 3. The van der Waals surface area contributed by atoms with Crippen LogP contribution in [0.15, 0.2) is 34.9 Å². The predicted octanol–water partition coefficient (Wildman–Crippen LogP) is 1.94. The van der Waals surface area contributed by atoms with Gasteiger partial charge in [-0.15, -0.1) is 0 Å². The molecule has 0 aromatic carbocycles. The quantitative estimate of drug-likeness (QED) is 0.728. The molecule has 6 nitrogen and oxygen atoms in total. The minimum atomic E-state index is -0.261. The number of carbonyl (C=O) groups excluding carboxylic acids is 1. The molecule has 0 bridgehead atoms. The van der Waals surface area contributed by atoms with Crippen molar-refractivity contribution in [3.63, 3.8) is 0 Å². The maximum absolute atomic E-state index is 11.9. The third-order valence-electron chi connectivity index (χ3n) is 3.62. The van der Waals surface area contributed by atoms with Crippen LogP contribution in [0.2, 0.25) is 0 Å². The Hall–Kier alpha value is -2.34. The van der Waals surface area contributed by atoms with Gasteiger partial charge in [0.05, 0.1) is 0 Å². The van der Waals surface area contributed by atoms with Crippen molar-refractivity contribution in [2.75, 3.05) is 13.2 Å². The van der Waals surface area contributed by atoms with Crippen LogP contribution in [-0.4, -0.2) is 29.3 Å². The molecule has 0 aliphatic heterocycles. The number of amides is 2. The lowest BCUT2D eigenvalue weighted by Crippen LogP contribution is -2.39. The largest absolute Gasteiger partial charge is 0.466 e. The average Bonchev–Trinajstić information content (AvgIpc) is 2.88. The highest BCUT2D eigenvalue weighted by Gasteiger charge is 2.12. The molecule has 124 valence electrons. The lowest BCUT2D eigenvalue weighted by atomic mass is 10.0. The van der Waals surface area contributed by atoms with Gasteiger partial charge in [0.15, 0.2) is 0 Å². The summed E-state index contributed by atoms with van der Waals surface area (Å²) in [4.78, 5) is 16.1. The second kappa shape index (κ2) is 8.33. The molecule has 1 atom stereocenters. The van der Waals surface area contributed by atoms with Crippen molar-refractivity contribution in [1.82, 2.24) is 15.6 Å². The van der Waals surface area contributed by atoms with Crippen LogP contribution < -0.4 is 10.6 Å². The van der Waals surface area contributed by atoms with Gasteiger partial charge in [-0.2, -0.15) is 0 Å². The molecule has 2 amide bonds. The van der Waals surface area contributed by atoms with E-state index in [1.807, 2.05) is 38.1 Å². The van der Waals surface area contributed by atoms with Crippen LogP contribution >= 0.6 is 0 Å². The maximum atomic E-state index is 11.9. The van der Waals surface area contributed by atoms with E-state index >= 15 is 0 Å². The van der Waals surface area contributed by atoms with Crippen LogP contribution in [-0.2, 0) is 13.0 Å². The Bertz CT molecular complexity index is 625. The Morgan fingerprint density at radius 2 is 2.17 bits per heavy atom. The van der Waals surface area contributed by atoms with Crippen molar-refractivity contribution < 1.29 is 14.3 Å². The highest BCUT2D eigenvalue weighted by atomic mass is 16.3. The Morgan fingerprint density at radius 3 is 2.78 bits per heavy atom. The first-order valence-electron chi connectivity index (χ1n) is 7.67. The van der Waals surface area contributed by atoms with Gasteiger partial charge < -0.3 is 20.2 Å². The van der Waals surface area contributed by atoms with Gasteiger partial charge in [-0.3, -0.25) is 4.98 Å². The summed E-state index contributed by atoms with van der Waals surface area (Å²) in [6, 6.07) is 7.32. The number of urea groups is 1. The number of nitrogens with zero attached hydrogens (tertiary/aromatic N) is 1. The molecule has 2 aromatic rings. The molecule has 0 saturated carbocycles. The topological polar surface area (TPSA) is 87.4 Å². The summed E-state index contributed by atoms with van der Waals surface area (Å²) in [7, 11) is 0. The van der Waals surface area contributed by atoms with E-state index in [9.17, 15) is 9.90 Å². The Morgan fingerprint density at radius 1 is 1.35 bits per heavy atom. The number of aryl methyl sites for hydroxylation is 2. The predicted molar refractivity (Wildman–Crippen MR) is 86.9 cm³/mol. The molecule has 0 radical (unpaired) electrons. The number of pyridine rings is 1. The molecule has 0 aliphatic carbocycles. The second-order valence-electron chi connectivity index (χ2n) is 5.58. The highest BCUT2D eigenvalue weighted by molar-refractivity contribution is 5.73. The van der Waals surface area contributed by atoms with Crippen LogP contribution in [0.5, 0.6) is 0 Å². The fourth-order valence-corrected chi connectivity index (χ4v) is 2.35. The molecule has 0 saturated heterocycles. The first-order chi connectivity index (χ1) is 11.1. The lowest BCUT2D eigenvalue weighted by Gasteiger charge is -2.15. The molecular weight excluding hydrogens is 294 g/mol. The third-order valence-corrected chi connectivity index (χ3v) is 3.62. The number of hydrogen-bond acceptors (Lipinski definition) is 4. The van der Waals surface area contributed by atoms with Gasteiger partial charge >= 0.3 is 6.03 Å². The fraction of sp³-hybridized carbons (Fsp3) is 0.412. The Labute approximate surface area is 135 Å². The first-order valence-corrected chi connectivity index (χ1v) is 7.67. The van der Waals surface area contributed by atoms with Crippen LogP contribution in [0.4, 0.5) is 4.79 Å². The minimum absolute atomic E-state index is 0.00309. The number of aliphatic hydroxyl groups excluding tert-OH is 1. The molecule has 0 aliphatic rings. The molecule has 2 rings (SSSR count). The minimum Gasteiger partial charge on any atom is -0.466 e. The summed E-state index contributed by atoms with van der Waals surface area (Å²) < 4.78 is 5.42. The standard InChI is InChI=1S/C17H23N3O3/c1-12-7-15(13(2)23-12)10-20-17(22)19-9-14(11-21)8-16-5-3-4-6-18-16/h3-7,14,21H,8-11H2,1-2H3,(H2,19,20,22). The Balaban J connectivity index is 1.75. The maximum Gasteiger partial charge on any atom is 0.315 e. The van der Waals surface area contributed by atoms with Gasteiger partial charge in [-0.05, 0) is 38.5 Å². The van der Waals surface area contributed by atoms with E-state index in [0.29, 0.717) is 19.5 Å². The monoisotopic (exact) mass is 317 g/mol. The van der Waals surface area contributed by atoms with E-state index in [4.69, 9.17) is 4.42 Å². The molecule has 2 aromatic heterocycles. The average molecular weight is 317 g/mol. The van der Waals surface area contributed by atoms with Gasteiger partial charge in [-0.25, -0.2) is 4.79 Å². The van der Waals surface area contributed by atoms with Gasteiger partial charge in [-0.1, -0.05) is 6.07 Å². The zero-order valence-corrected chi connectivity index (χ0v) is 13.5. The van der Waals surface area contributed by atoms with Gasteiger partial charge in [0, 0.05) is 43.1 Å². The summed E-state index contributed by atoms with van der Waals surface area (Å²) in [5, 5.41) is 15.0. The van der Waals surface area contributed by atoms with E-state index in [2.05, 4.69) is 15.6 Å². The molecule has 0 fully saturated rings. The van der Waals surface area contributed by atoms with E-state index in [1.54, 1.807) is 6.20 Å². The van der Waals surface area contributed by atoms with E-state index in [-0.39, 0.29) is 18.6 Å². The SMILES string of the molecule is Cc1cc(CNC(=O)NCC(CO)Cc2ccccn2)c(C)o1. The number of furan rings is 1. The van der Waals surface area contributed by atoms with Crippen LogP contribution in [0, 0.1) is 19.8 Å². The summed E-state index contributed by atoms with van der Waals surface area (Å²) in [6.07, 6.45) is 2.34. The van der Waals surface area contributed by atoms with Crippen LogP contribution in [0.1, 0.15) is 22.8 Å². The van der Waals surface area contributed by atoms with E-state index in [0.717, 1.165) is 22.8 Å². The lowest BCUT2D eigenvalue weighted by molar-refractivity contribution is 0.213. The molecule has 3 N–H and O–H groups in total. The molecule has 23 heavy (non-hydrogen) atoms. The normalized spacial score (nSPS) is 12.0. The number of aromatic nitrogens is 1. The van der Waals surface area contributed by atoms with Crippen LogP contribution in [0.25, 0.3) is 0 Å². The zero-order valence-electron chi connectivity index (χ0n) is 13.5. The van der Waals surface area contributed by atoms with Gasteiger partial charge in [0.25, 0.3) is 0 Å². The van der Waals surface area contributed by atoms with Gasteiger partial charge in [0.2, 0.25) is 0 Å². The van der Waals surface area contributed by atoms with Gasteiger partial charge in [0.1, 0.15) is 11.5 Å². The second-order valence-corrected chi connectivity index (χ2v) is 5.58. The molecule has 0 spiro atoms. The van der Waals surface area contributed by atoms with Crippen molar-refractivity contribution in [3.05, 3.63) is 53.2 Å². The number of nitrogens with one attached hydrogen (secondary N) is 2. The summed E-state index contributed by atoms with van der Waals surface area (Å²) in [6.45, 7) is 4.55. The molecule has 2 heterocycles. The van der Waals surface area contributed by atoms with Crippen LogP contribution in [0.3, 0.4) is 0 Å². The van der Waals surface area contributed by atoms with E-state index in [1.165, 1.54) is 0 Å². The zero-order chi connectivity index (χ0) is 16.7. The van der Waals surface area contributed by atoms with E-state index < -0.39 is 0 Å².